The van der Waals surface area contributed by atoms with E-state index in [2.05, 4.69) is 0 Å². The van der Waals surface area contributed by atoms with Gasteiger partial charge in [-0.3, -0.25) is 9.59 Å². The first-order chi connectivity index (χ1) is 10.1. The van der Waals surface area contributed by atoms with Gasteiger partial charge in [0, 0.05) is 29.4 Å². The highest BCUT2D eigenvalue weighted by Gasteiger charge is 2.08. The Balaban J connectivity index is 1.77. The van der Waals surface area contributed by atoms with Crippen molar-refractivity contribution in [3.63, 3.8) is 0 Å². The molecule has 0 aliphatic heterocycles. The Labute approximate surface area is 124 Å². The number of hydrogen-bond acceptors (Lipinski definition) is 3. The molecule has 21 heavy (non-hydrogen) atoms. The molecule has 0 saturated carbocycles. The van der Waals surface area contributed by atoms with Crippen molar-refractivity contribution in [3.8, 4) is 0 Å². The van der Waals surface area contributed by atoms with Crippen molar-refractivity contribution in [1.82, 2.24) is 4.57 Å². The van der Waals surface area contributed by atoms with Crippen LogP contribution in [0.3, 0.4) is 0 Å². The minimum atomic E-state index is -0.370. The highest BCUT2D eigenvalue weighted by molar-refractivity contribution is 7.17. The van der Waals surface area contributed by atoms with Crippen LogP contribution in [0.1, 0.15) is 16.8 Å². The van der Waals surface area contributed by atoms with Gasteiger partial charge in [0.2, 0.25) is 0 Å². The Morgan fingerprint density at radius 1 is 1.14 bits per heavy atom. The first-order valence-electron chi connectivity index (χ1n) is 6.50. The third-order valence-electron chi connectivity index (χ3n) is 3.34. The molecule has 1 aromatic carbocycles. The van der Waals surface area contributed by atoms with E-state index >= 15 is 0 Å². The zero-order valence-electron chi connectivity index (χ0n) is 11.1. The number of hydrogen-bond donors (Lipinski definition) is 0. The highest BCUT2D eigenvalue weighted by atomic mass is 32.1. The first-order valence-corrected chi connectivity index (χ1v) is 7.38. The van der Waals surface area contributed by atoms with E-state index in [1.807, 2.05) is 11.4 Å². The lowest BCUT2D eigenvalue weighted by atomic mass is 10.1. The van der Waals surface area contributed by atoms with Crippen molar-refractivity contribution >= 4 is 27.2 Å². The smallest absolute Gasteiger partial charge is 0.259 e. The van der Waals surface area contributed by atoms with Gasteiger partial charge in [0.15, 0.2) is 5.78 Å². The maximum absolute atomic E-state index is 12.8. The van der Waals surface area contributed by atoms with Gasteiger partial charge in [-0.25, -0.2) is 4.39 Å². The average Bonchev–Trinajstić information content (AvgIpc) is 2.96. The molecule has 0 unspecified atom stereocenters. The van der Waals surface area contributed by atoms with Crippen LogP contribution in [0.15, 0.2) is 52.8 Å². The Morgan fingerprint density at radius 2 is 1.90 bits per heavy atom. The number of nitrogens with zero attached hydrogens (tertiary/aromatic N) is 1. The summed E-state index contributed by atoms with van der Waals surface area (Å²) in [5, 5.41) is 2.55. The lowest BCUT2D eigenvalue weighted by Gasteiger charge is -2.05. The number of carbonyl (C=O) groups excluding carboxylic acids is 1. The molecular weight excluding hydrogens is 289 g/mol. The molecule has 0 radical (unpaired) electrons. The number of benzene rings is 1. The van der Waals surface area contributed by atoms with Crippen molar-refractivity contribution in [2.24, 2.45) is 0 Å². The fourth-order valence-corrected chi connectivity index (χ4v) is 2.96. The summed E-state index contributed by atoms with van der Waals surface area (Å²) in [6, 6.07) is 9.11. The summed E-state index contributed by atoms with van der Waals surface area (Å²) >= 11 is 1.52. The number of thiophene rings is 1. The van der Waals surface area contributed by atoms with E-state index in [0.29, 0.717) is 17.5 Å². The van der Waals surface area contributed by atoms with Gasteiger partial charge in [-0.1, -0.05) is 0 Å². The molecule has 5 heteroatoms. The van der Waals surface area contributed by atoms with E-state index in [0.717, 1.165) is 4.70 Å². The van der Waals surface area contributed by atoms with Gasteiger partial charge < -0.3 is 4.57 Å². The second-order valence-electron chi connectivity index (χ2n) is 4.69. The van der Waals surface area contributed by atoms with Crippen molar-refractivity contribution < 1.29 is 9.18 Å². The second-order valence-corrected chi connectivity index (χ2v) is 5.64. The average molecular weight is 301 g/mol. The normalized spacial score (nSPS) is 10.9. The molecule has 0 fully saturated rings. The van der Waals surface area contributed by atoms with E-state index in [1.54, 1.807) is 12.3 Å². The van der Waals surface area contributed by atoms with Crippen LogP contribution in [0, 0.1) is 5.82 Å². The standard InChI is InChI=1S/C16H12FNO2S/c17-12-3-1-11(2-4-12)14(19)5-8-18-9-6-15-13(16(18)20)7-10-21-15/h1-4,6-7,9-10H,5,8H2. The van der Waals surface area contributed by atoms with Gasteiger partial charge in [0.05, 0.1) is 5.39 Å². The van der Waals surface area contributed by atoms with Crippen LogP contribution in [0.5, 0.6) is 0 Å². The van der Waals surface area contributed by atoms with Crippen LogP contribution in [0.25, 0.3) is 10.1 Å². The number of Topliss-reactive ketones (excluding diaryl/α,β-unsaturated/α-hetero) is 1. The summed E-state index contributed by atoms with van der Waals surface area (Å²) in [6.07, 6.45) is 1.92. The van der Waals surface area contributed by atoms with E-state index in [-0.39, 0.29) is 23.6 Å². The summed E-state index contributed by atoms with van der Waals surface area (Å²) in [6.45, 7) is 0.320. The molecule has 0 aliphatic rings. The van der Waals surface area contributed by atoms with Crippen molar-refractivity contribution in [2.75, 3.05) is 0 Å². The van der Waals surface area contributed by atoms with E-state index in [1.165, 1.54) is 40.2 Å². The number of pyridine rings is 1. The summed E-state index contributed by atoms with van der Waals surface area (Å²) in [7, 11) is 0. The number of aryl methyl sites for hydroxylation is 1. The van der Waals surface area contributed by atoms with Gasteiger partial charge in [-0.2, -0.15) is 0 Å². The number of fused-ring (bicyclic) bond motifs is 1. The SMILES string of the molecule is O=C(CCn1ccc2sccc2c1=O)c1ccc(F)cc1. The molecule has 0 N–H and O–H groups in total. The Kier molecular flexibility index (Phi) is 3.66. The third-order valence-corrected chi connectivity index (χ3v) is 4.22. The van der Waals surface area contributed by atoms with Gasteiger partial charge in [-0.05, 0) is 41.8 Å². The molecule has 0 aliphatic carbocycles. The maximum Gasteiger partial charge on any atom is 0.259 e. The second kappa shape index (κ2) is 5.61. The Hall–Kier alpha value is -2.27. The molecule has 2 heterocycles. The third kappa shape index (κ3) is 2.78. The first kappa shape index (κ1) is 13.7. The molecule has 0 bridgehead atoms. The fourth-order valence-electron chi connectivity index (χ4n) is 2.19. The van der Waals surface area contributed by atoms with Gasteiger partial charge in [-0.15, -0.1) is 11.3 Å². The molecule has 0 spiro atoms. The van der Waals surface area contributed by atoms with Crippen LogP contribution in [-0.2, 0) is 6.54 Å². The molecular formula is C16H12FNO2S. The molecule has 3 aromatic rings. The van der Waals surface area contributed by atoms with Crippen LogP contribution in [0.2, 0.25) is 0 Å². The van der Waals surface area contributed by atoms with E-state index in [9.17, 15) is 14.0 Å². The van der Waals surface area contributed by atoms with Crippen LogP contribution >= 0.6 is 11.3 Å². The van der Waals surface area contributed by atoms with Gasteiger partial charge in [0.1, 0.15) is 5.82 Å². The van der Waals surface area contributed by atoms with Crippen molar-refractivity contribution in [3.05, 3.63) is 69.7 Å². The minimum Gasteiger partial charge on any atom is -0.314 e. The van der Waals surface area contributed by atoms with Crippen molar-refractivity contribution in [1.29, 1.82) is 0 Å². The zero-order chi connectivity index (χ0) is 14.8. The number of aromatic nitrogens is 1. The number of carbonyl (C=O) groups is 1. The predicted molar refractivity (Wildman–Crippen MR) is 81.4 cm³/mol. The monoisotopic (exact) mass is 301 g/mol. The molecule has 2 aromatic heterocycles. The summed E-state index contributed by atoms with van der Waals surface area (Å²) < 4.78 is 15.3. The Morgan fingerprint density at radius 3 is 2.67 bits per heavy atom. The highest BCUT2D eigenvalue weighted by Crippen LogP contribution is 2.16. The van der Waals surface area contributed by atoms with E-state index in [4.69, 9.17) is 0 Å². The van der Waals surface area contributed by atoms with Crippen LogP contribution in [-0.4, -0.2) is 10.4 Å². The van der Waals surface area contributed by atoms with Gasteiger partial charge in [0.25, 0.3) is 5.56 Å². The van der Waals surface area contributed by atoms with Gasteiger partial charge >= 0.3 is 0 Å². The topological polar surface area (TPSA) is 39.1 Å². The zero-order valence-corrected chi connectivity index (χ0v) is 11.9. The summed E-state index contributed by atoms with van der Waals surface area (Å²) in [5.41, 5.74) is 0.377. The van der Waals surface area contributed by atoms with Crippen LogP contribution < -0.4 is 5.56 Å². The maximum atomic E-state index is 12.8. The van der Waals surface area contributed by atoms with Crippen molar-refractivity contribution in [2.45, 2.75) is 13.0 Å². The number of rotatable bonds is 4. The van der Waals surface area contributed by atoms with Crippen LogP contribution in [0.4, 0.5) is 4.39 Å². The number of ketones is 1. The predicted octanol–water partition coefficient (Wildman–Crippen LogP) is 3.48. The molecule has 0 saturated heterocycles. The molecule has 106 valence electrons. The molecule has 0 atom stereocenters. The quantitative estimate of drug-likeness (QED) is 0.692. The summed E-state index contributed by atoms with van der Waals surface area (Å²) in [5.74, 6) is -0.474. The summed E-state index contributed by atoms with van der Waals surface area (Å²) in [4.78, 5) is 24.2. The lowest BCUT2D eigenvalue weighted by Crippen LogP contribution is -2.20. The molecule has 3 nitrogen and oxygen atoms in total. The lowest BCUT2D eigenvalue weighted by molar-refractivity contribution is 0.0976. The minimum absolute atomic E-state index is 0.0827. The largest absolute Gasteiger partial charge is 0.314 e. The van der Waals surface area contributed by atoms with E-state index < -0.39 is 0 Å². The molecule has 3 rings (SSSR count). The number of halogens is 1. The Bertz CT molecular complexity index is 849. The molecule has 0 amide bonds. The fraction of sp³-hybridized carbons (Fsp3) is 0.125.